The summed E-state index contributed by atoms with van der Waals surface area (Å²) < 4.78 is 0. The van der Waals surface area contributed by atoms with E-state index in [4.69, 9.17) is 16.9 Å². The Labute approximate surface area is 114 Å². The van der Waals surface area contributed by atoms with E-state index in [1.807, 2.05) is 19.2 Å². The average Bonchev–Trinajstić information content (AvgIpc) is 2.88. The molecule has 0 aromatic heterocycles. The van der Waals surface area contributed by atoms with Gasteiger partial charge in [0.25, 0.3) is 0 Å². The van der Waals surface area contributed by atoms with Crippen molar-refractivity contribution in [2.45, 2.75) is 12.8 Å². The van der Waals surface area contributed by atoms with Crippen molar-refractivity contribution in [3.8, 4) is 6.07 Å². The number of benzene rings is 1. The Kier molecular flexibility index (Phi) is 4.46. The number of hydrogen-bond acceptors (Lipinski definition) is 3. The number of nitrogens with zero attached hydrogens (tertiary/aromatic N) is 3. The maximum absolute atomic E-state index is 8.81. The topological polar surface area (TPSA) is 30.3 Å². The number of hydrogen-bond donors (Lipinski definition) is 0. The molecule has 0 saturated carbocycles. The van der Waals surface area contributed by atoms with E-state index in [1.54, 1.807) is 6.07 Å². The molecule has 0 bridgehead atoms. The van der Waals surface area contributed by atoms with E-state index < -0.39 is 0 Å². The van der Waals surface area contributed by atoms with Gasteiger partial charge in [-0.05, 0) is 44.1 Å². The largest absolute Gasteiger partial charge is 0.372 e. The fourth-order valence-corrected chi connectivity index (χ4v) is 2.63. The quantitative estimate of drug-likeness (QED) is 0.837. The molecule has 0 atom stereocenters. The Balaban J connectivity index is 1.95. The van der Waals surface area contributed by atoms with Gasteiger partial charge < -0.3 is 9.80 Å². The van der Waals surface area contributed by atoms with Crippen molar-refractivity contribution in [1.29, 1.82) is 5.26 Å². The van der Waals surface area contributed by atoms with Crippen LogP contribution in [0.2, 0.25) is 5.02 Å². The number of rotatable bonds is 4. The molecule has 1 heterocycles. The van der Waals surface area contributed by atoms with Crippen LogP contribution in [0.25, 0.3) is 0 Å². The third-order valence-electron chi connectivity index (χ3n) is 3.44. The van der Waals surface area contributed by atoms with Gasteiger partial charge in [-0.15, -0.1) is 0 Å². The third kappa shape index (κ3) is 3.16. The van der Waals surface area contributed by atoms with Crippen molar-refractivity contribution in [2.75, 3.05) is 38.1 Å². The lowest BCUT2D eigenvalue weighted by atomic mass is 10.2. The Morgan fingerprint density at radius 1 is 1.39 bits per heavy atom. The maximum Gasteiger partial charge on any atom is 0.0992 e. The minimum atomic E-state index is 0.608. The van der Waals surface area contributed by atoms with E-state index >= 15 is 0 Å². The van der Waals surface area contributed by atoms with Crippen molar-refractivity contribution in [3.05, 3.63) is 28.8 Å². The van der Waals surface area contributed by atoms with Gasteiger partial charge in [0, 0.05) is 20.1 Å². The molecule has 4 heteroatoms. The number of likely N-dealkylation sites (N-methyl/N-ethyl adjacent to an activating group) is 1. The number of halogens is 1. The van der Waals surface area contributed by atoms with Crippen LogP contribution in [-0.2, 0) is 0 Å². The standard InChI is InChI=1S/C14H18ClN3/c1-17(8-9-18-6-2-3-7-18)14-5-4-12(11-16)10-13(14)15/h4-5,10H,2-3,6-9H2,1H3. The zero-order valence-corrected chi connectivity index (χ0v) is 11.5. The first-order chi connectivity index (χ1) is 8.70. The minimum Gasteiger partial charge on any atom is -0.372 e. The minimum absolute atomic E-state index is 0.608. The van der Waals surface area contributed by atoms with E-state index in [0.29, 0.717) is 10.6 Å². The lowest BCUT2D eigenvalue weighted by molar-refractivity contribution is 0.346. The molecule has 1 aromatic rings. The van der Waals surface area contributed by atoms with Crippen LogP contribution >= 0.6 is 11.6 Å². The van der Waals surface area contributed by atoms with E-state index in [9.17, 15) is 0 Å². The summed E-state index contributed by atoms with van der Waals surface area (Å²) in [4.78, 5) is 4.63. The van der Waals surface area contributed by atoms with Crippen LogP contribution in [0.3, 0.4) is 0 Å². The first-order valence-corrected chi connectivity index (χ1v) is 6.71. The van der Waals surface area contributed by atoms with Crippen LogP contribution in [0, 0.1) is 11.3 Å². The molecule has 1 aliphatic heterocycles. The molecule has 96 valence electrons. The molecule has 0 radical (unpaired) electrons. The Morgan fingerprint density at radius 3 is 2.72 bits per heavy atom. The average molecular weight is 264 g/mol. The molecule has 0 N–H and O–H groups in total. The van der Waals surface area contributed by atoms with Gasteiger partial charge in [-0.25, -0.2) is 0 Å². The van der Waals surface area contributed by atoms with Gasteiger partial charge in [-0.3, -0.25) is 0 Å². The highest BCUT2D eigenvalue weighted by Crippen LogP contribution is 2.25. The van der Waals surface area contributed by atoms with Gasteiger partial charge in [0.15, 0.2) is 0 Å². The van der Waals surface area contributed by atoms with E-state index in [0.717, 1.165) is 18.8 Å². The van der Waals surface area contributed by atoms with Crippen LogP contribution in [0.15, 0.2) is 18.2 Å². The summed E-state index contributed by atoms with van der Waals surface area (Å²) in [5.41, 5.74) is 1.60. The molecule has 3 nitrogen and oxygen atoms in total. The summed E-state index contributed by atoms with van der Waals surface area (Å²) in [6.45, 7) is 4.47. The van der Waals surface area contributed by atoms with E-state index in [2.05, 4.69) is 15.9 Å². The van der Waals surface area contributed by atoms with Gasteiger partial charge in [-0.2, -0.15) is 5.26 Å². The molecule has 1 saturated heterocycles. The predicted molar refractivity (Wildman–Crippen MR) is 75.1 cm³/mol. The summed E-state index contributed by atoms with van der Waals surface area (Å²) >= 11 is 6.19. The SMILES string of the molecule is CN(CCN1CCCC1)c1ccc(C#N)cc1Cl. The molecule has 1 aromatic carbocycles. The molecule has 2 rings (SSSR count). The molecule has 0 amide bonds. The van der Waals surface area contributed by atoms with Crippen molar-refractivity contribution in [2.24, 2.45) is 0 Å². The first kappa shape index (κ1) is 13.2. The van der Waals surface area contributed by atoms with Crippen LogP contribution < -0.4 is 4.90 Å². The maximum atomic E-state index is 8.81. The predicted octanol–water partition coefficient (Wildman–Crippen LogP) is 2.74. The zero-order chi connectivity index (χ0) is 13.0. The molecule has 1 fully saturated rings. The Morgan fingerprint density at radius 2 is 2.11 bits per heavy atom. The smallest absolute Gasteiger partial charge is 0.0992 e. The van der Waals surface area contributed by atoms with Gasteiger partial charge in [-0.1, -0.05) is 11.6 Å². The molecule has 18 heavy (non-hydrogen) atoms. The number of likely N-dealkylation sites (tertiary alicyclic amines) is 1. The summed E-state index contributed by atoms with van der Waals surface area (Å²) in [7, 11) is 2.04. The fourth-order valence-electron chi connectivity index (χ4n) is 2.30. The molecule has 0 unspecified atom stereocenters. The van der Waals surface area contributed by atoms with Crippen LogP contribution in [0.4, 0.5) is 5.69 Å². The second-order valence-corrected chi connectivity index (χ2v) is 5.16. The lowest BCUT2D eigenvalue weighted by Gasteiger charge is -2.24. The van der Waals surface area contributed by atoms with Gasteiger partial charge in [0.1, 0.15) is 0 Å². The second kappa shape index (κ2) is 6.08. The normalized spacial score (nSPS) is 15.6. The van der Waals surface area contributed by atoms with Crippen molar-refractivity contribution >= 4 is 17.3 Å². The summed E-state index contributed by atoms with van der Waals surface area (Å²) in [6.07, 6.45) is 2.64. The van der Waals surface area contributed by atoms with Gasteiger partial charge >= 0.3 is 0 Å². The monoisotopic (exact) mass is 263 g/mol. The molecule has 1 aliphatic rings. The van der Waals surface area contributed by atoms with Crippen LogP contribution in [0.1, 0.15) is 18.4 Å². The summed E-state index contributed by atoms with van der Waals surface area (Å²) in [5.74, 6) is 0. The summed E-state index contributed by atoms with van der Waals surface area (Å²) in [5, 5.41) is 9.46. The van der Waals surface area contributed by atoms with Gasteiger partial charge in [0.2, 0.25) is 0 Å². The van der Waals surface area contributed by atoms with Crippen molar-refractivity contribution < 1.29 is 0 Å². The lowest BCUT2D eigenvalue weighted by Crippen LogP contribution is -2.31. The highest BCUT2D eigenvalue weighted by molar-refractivity contribution is 6.33. The number of nitriles is 1. The number of anilines is 1. The summed E-state index contributed by atoms with van der Waals surface area (Å²) in [6, 6.07) is 7.56. The van der Waals surface area contributed by atoms with E-state index in [-0.39, 0.29) is 0 Å². The highest BCUT2D eigenvalue weighted by atomic mass is 35.5. The second-order valence-electron chi connectivity index (χ2n) is 4.75. The highest BCUT2D eigenvalue weighted by Gasteiger charge is 2.13. The Hall–Kier alpha value is -1.24. The third-order valence-corrected chi connectivity index (χ3v) is 3.74. The van der Waals surface area contributed by atoms with Crippen molar-refractivity contribution in [1.82, 2.24) is 4.90 Å². The van der Waals surface area contributed by atoms with Crippen LogP contribution in [0.5, 0.6) is 0 Å². The van der Waals surface area contributed by atoms with Crippen molar-refractivity contribution in [3.63, 3.8) is 0 Å². The molecular weight excluding hydrogens is 246 g/mol. The Bertz CT molecular complexity index is 447. The zero-order valence-electron chi connectivity index (χ0n) is 10.7. The molecule has 0 spiro atoms. The molecular formula is C14H18ClN3. The van der Waals surface area contributed by atoms with E-state index in [1.165, 1.54) is 25.9 Å². The first-order valence-electron chi connectivity index (χ1n) is 6.34. The van der Waals surface area contributed by atoms with Crippen LogP contribution in [-0.4, -0.2) is 38.1 Å². The fraction of sp³-hybridized carbons (Fsp3) is 0.500. The molecule has 0 aliphatic carbocycles. The van der Waals surface area contributed by atoms with Gasteiger partial charge in [0.05, 0.1) is 22.3 Å².